The summed E-state index contributed by atoms with van der Waals surface area (Å²) in [5.41, 5.74) is 0. The Hall–Kier alpha value is -0.0800. The van der Waals surface area contributed by atoms with E-state index in [0.29, 0.717) is 12.1 Å². The molecule has 0 aromatic rings. The van der Waals surface area contributed by atoms with E-state index < -0.39 is 0 Å². The first-order valence-electron chi connectivity index (χ1n) is 6.31. The smallest absolute Gasteiger partial charge is 0.0618 e. The standard InChI is InChI=1S/C13H27NO/c1-10(2)12-6-7-14(11(3)4)13(8-12)9-15-5/h10-13H,6-9H2,1-5H3. The van der Waals surface area contributed by atoms with Gasteiger partial charge in [0.1, 0.15) is 0 Å². The average Bonchev–Trinajstić information content (AvgIpc) is 2.17. The summed E-state index contributed by atoms with van der Waals surface area (Å²) in [6.45, 7) is 11.4. The van der Waals surface area contributed by atoms with Crippen LogP contribution in [0, 0.1) is 11.8 Å². The van der Waals surface area contributed by atoms with Crippen molar-refractivity contribution in [1.82, 2.24) is 4.90 Å². The molecule has 0 N–H and O–H groups in total. The Morgan fingerprint density at radius 3 is 2.40 bits per heavy atom. The maximum Gasteiger partial charge on any atom is 0.0618 e. The topological polar surface area (TPSA) is 12.5 Å². The summed E-state index contributed by atoms with van der Waals surface area (Å²) in [6.07, 6.45) is 2.67. The molecule has 0 spiro atoms. The molecule has 1 saturated heterocycles. The van der Waals surface area contributed by atoms with Crippen LogP contribution in [0.25, 0.3) is 0 Å². The molecule has 90 valence electrons. The second-order valence-electron chi connectivity index (χ2n) is 5.47. The first-order valence-corrected chi connectivity index (χ1v) is 6.31. The van der Waals surface area contributed by atoms with Crippen LogP contribution in [0.3, 0.4) is 0 Å². The highest BCUT2D eigenvalue weighted by molar-refractivity contribution is 4.84. The number of hydrogen-bond acceptors (Lipinski definition) is 2. The summed E-state index contributed by atoms with van der Waals surface area (Å²) in [5, 5.41) is 0. The molecule has 2 atom stereocenters. The minimum Gasteiger partial charge on any atom is -0.383 e. The van der Waals surface area contributed by atoms with Crippen molar-refractivity contribution < 1.29 is 4.74 Å². The molecule has 15 heavy (non-hydrogen) atoms. The molecule has 1 aliphatic heterocycles. The minimum absolute atomic E-state index is 0.635. The van der Waals surface area contributed by atoms with Crippen molar-refractivity contribution in [1.29, 1.82) is 0 Å². The van der Waals surface area contributed by atoms with Gasteiger partial charge in [-0.25, -0.2) is 0 Å². The molecule has 1 heterocycles. The Morgan fingerprint density at radius 1 is 1.27 bits per heavy atom. The highest BCUT2D eigenvalue weighted by atomic mass is 16.5. The molecular weight excluding hydrogens is 186 g/mol. The molecule has 0 bridgehead atoms. The van der Waals surface area contributed by atoms with Gasteiger partial charge in [0.15, 0.2) is 0 Å². The van der Waals surface area contributed by atoms with E-state index in [2.05, 4.69) is 32.6 Å². The lowest BCUT2D eigenvalue weighted by atomic mass is 9.82. The maximum atomic E-state index is 5.35. The van der Waals surface area contributed by atoms with Gasteiger partial charge in [-0.15, -0.1) is 0 Å². The van der Waals surface area contributed by atoms with Crippen LogP contribution in [0.15, 0.2) is 0 Å². The molecule has 0 aromatic heterocycles. The Kier molecular flexibility index (Phi) is 5.07. The van der Waals surface area contributed by atoms with E-state index in [9.17, 15) is 0 Å². The molecule has 0 radical (unpaired) electrons. The van der Waals surface area contributed by atoms with E-state index in [1.165, 1.54) is 19.4 Å². The van der Waals surface area contributed by atoms with Gasteiger partial charge in [-0.05, 0) is 45.1 Å². The number of nitrogens with zero attached hydrogens (tertiary/aromatic N) is 1. The molecular formula is C13H27NO. The fourth-order valence-electron chi connectivity index (χ4n) is 2.74. The molecule has 1 fully saturated rings. The Balaban J connectivity index is 2.56. The van der Waals surface area contributed by atoms with Gasteiger partial charge in [0, 0.05) is 19.2 Å². The highest BCUT2D eigenvalue weighted by Crippen LogP contribution is 2.29. The van der Waals surface area contributed by atoms with Gasteiger partial charge in [0.2, 0.25) is 0 Å². The van der Waals surface area contributed by atoms with Crippen LogP contribution in [-0.4, -0.2) is 37.2 Å². The number of methoxy groups -OCH3 is 1. The molecule has 0 aromatic carbocycles. The SMILES string of the molecule is COCC1CC(C(C)C)CCN1C(C)C. The molecule has 0 saturated carbocycles. The van der Waals surface area contributed by atoms with Crippen molar-refractivity contribution in [2.45, 2.75) is 52.6 Å². The van der Waals surface area contributed by atoms with Crippen LogP contribution < -0.4 is 0 Å². The zero-order valence-corrected chi connectivity index (χ0v) is 11.0. The summed E-state index contributed by atoms with van der Waals surface area (Å²) in [5.74, 6) is 1.71. The van der Waals surface area contributed by atoms with Crippen LogP contribution in [0.4, 0.5) is 0 Å². The number of ether oxygens (including phenoxy) is 1. The Labute approximate surface area is 95.0 Å². The third-order valence-corrected chi connectivity index (χ3v) is 3.77. The van der Waals surface area contributed by atoms with Gasteiger partial charge in [-0.3, -0.25) is 4.90 Å². The predicted molar refractivity (Wildman–Crippen MR) is 65.1 cm³/mol. The third kappa shape index (κ3) is 3.46. The third-order valence-electron chi connectivity index (χ3n) is 3.77. The van der Waals surface area contributed by atoms with E-state index in [1.54, 1.807) is 0 Å². The summed E-state index contributed by atoms with van der Waals surface area (Å²) in [4.78, 5) is 2.60. The van der Waals surface area contributed by atoms with Gasteiger partial charge in [0.25, 0.3) is 0 Å². The number of likely N-dealkylation sites (tertiary alicyclic amines) is 1. The van der Waals surface area contributed by atoms with Crippen LogP contribution in [0.2, 0.25) is 0 Å². The Morgan fingerprint density at radius 2 is 1.93 bits per heavy atom. The minimum atomic E-state index is 0.635. The van der Waals surface area contributed by atoms with E-state index >= 15 is 0 Å². The quantitative estimate of drug-likeness (QED) is 0.712. The fraction of sp³-hybridized carbons (Fsp3) is 1.00. The molecule has 2 unspecified atom stereocenters. The first kappa shape index (κ1) is 13.0. The second-order valence-corrected chi connectivity index (χ2v) is 5.47. The van der Waals surface area contributed by atoms with Crippen molar-refractivity contribution in [3.8, 4) is 0 Å². The number of rotatable bonds is 4. The molecule has 2 nitrogen and oxygen atoms in total. The van der Waals surface area contributed by atoms with E-state index in [4.69, 9.17) is 4.74 Å². The second kappa shape index (κ2) is 5.86. The van der Waals surface area contributed by atoms with Crippen molar-refractivity contribution >= 4 is 0 Å². The van der Waals surface area contributed by atoms with Crippen molar-refractivity contribution in [3.63, 3.8) is 0 Å². The van der Waals surface area contributed by atoms with Gasteiger partial charge in [-0.2, -0.15) is 0 Å². The van der Waals surface area contributed by atoms with Gasteiger partial charge in [-0.1, -0.05) is 13.8 Å². The fourth-order valence-corrected chi connectivity index (χ4v) is 2.74. The van der Waals surface area contributed by atoms with E-state index in [-0.39, 0.29) is 0 Å². The molecule has 1 rings (SSSR count). The Bertz CT molecular complexity index is 179. The van der Waals surface area contributed by atoms with Gasteiger partial charge >= 0.3 is 0 Å². The average molecular weight is 213 g/mol. The van der Waals surface area contributed by atoms with Crippen molar-refractivity contribution in [3.05, 3.63) is 0 Å². The zero-order valence-electron chi connectivity index (χ0n) is 11.0. The van der Waals surface area contributed by atoms with Crippen molar-refractivity contribution in [2.75, 3.05) is 20.3 Å². The number of piperidine rings is 1. The first-order chi connectivity index (χ1) is 7.06. The lowest BCUT2D eigenvalue weighted by Crippen LogP contribution is -2.49. The highest BCUT2D eigenvalue weighted by Gasteiger charge is 2.30. The summed E-state index contributed by atoms with van der Waals surface area (Å²) in [6, 6.07) is 1.29. The molecule has 2 heteroatoms. The predicted octanol–water partition coefficient (Wildman–Crippen LogP) is 2.78. The largest absolute Gasteiger partial charge is 0.383 e. The van der Waals surface area contributed by atoms with Crippen LogP contribution in [0.5, 0.6) is 0 Å². The summed E-state index contributed by atoms with van der Waals surface area (Å²) < 4.78 is 5.35. The number of hydrogen-bond donors (Lipinski definition) is 0. The van der Waals surface area contributed by atoms with Crippen molar-refractivity contribution in [2.24, 2.45) is 11.8 Å². The maximum absolute atomic E-state index is 5.35. The van der Waals surface area contributed by atoms with Crippen LogP contribution in [0.1, 0.15) is 40.5 Å². The van der Waals surface area contributed by atoms with Crippen LogP contribution in [-0.2, 0) is 4.74 Å². The van der Waals surface area contributed by atoms with Gasteiger partial charge < -0.3 is 4.74 Å². The summed E-state index contributed by atoms with van der Waals surface area (Å²) >= 11 is 0. The normalized spacial score (nSPS) is 29.0. The molecule has 0 amide bonds. The lowest BCUT2D eigenvalue weighted by Gasteiger charge is -2.42. The summed E-state index contributed by atoms with van der Waals surface area (Å²) in [7, 11) is 1.82. The molecule has 0 aliphatic carbocycles. The lowest BCUT2D eigenvalue weighted by molar-refractivity contribution is 0.0173. The van der Waals surface area contributed by atoms with E-state index in [1.807, 2.05) is 7.11 Å². The monoisotopic (exact) mass is 213 g/mol. The van der Waals surface area contributed by atoms with Gasteiger partial charge in [0.05, 0.1) is 6.61 Å². The zero-order chi connectivity index (χ0) is 11.4. The molecule has 1 aliphatic rings. The van der Waals surface area contributed by atoms with E-state index in [0.717, 1.165) is 18.4 Å². The van der Waals surface area contributed by atoms with Crippen LogP contribution >= 0.6 is 0 Å².